The van der Waals surface area contributed by atoms with Gasteiger partial charge in [-0.05, 0) is 60.6 Å². The Kier molecular flexibility index (Phi) is 10.4. The van der Waals surface area contributed by atoms with Crippen molar-refractivity contribution in [1.82, 2.24) is 10.2 Å². The number of nitrogens with one attached hydrogen (secondary N) is 1. The molecule has 0 bridgehead atoms. The molecule has 0 aliphatic rings. The molecule has 0 heterocycles. The Bertz CT molecular complexity index is 1430. The highest BCUT2D eigenvalue weighted by Crippen LogP contribution is 2.26. The second kappa shape index (κ2) is 13.3. The Balaban J connectivity index is 2.06. The van der Waals surface area contributed by atoms with Gasteiger partial charge in [-0.25, -0.2) is 8.42 Å². The van der Waals surface area contributed by atoms with Crippen LogP contribution in [0.3, 0.4) is 0 Å². The van der Waals surface area contributed by atoms with Crippen molar-refractivity contribution in [1.29, 1.82) is 0 Å². The third kappa shape index (κ3) is 8.92. The van der Waals surface area contributed by atoms with Crippen LogP contribution in [0.1, 0.15) is 56.9 Å². The van der Waals surface area contributed by atoms with Crippen LogP contribution in [0, 0.1) is 6.92 Å². The Morgan fingerprint density at radius 2 is 1.46 bits per heavy atom. The van der Waals surface area contributed by atoms with Crippen LogP contribution in [0.2, 0.25) is 0 Å². The maximum Gasteiger partial charge on any atom is 0.244 e. The normalized spacial score (nSPS) is 12.6. The number of nitrogens with zero attached hydrogens (tertiary/aromatic N) is 2. The third-order valence-corrected chi connectivity index (χ3v) is 8.15. The number of benzene rings is 3. The minimum atomic E-state index is -3.81. The largest absolute Gasteiger partial charge is 0.352 e. The molecule has 0 fully saturated rings. The van der Waals surface area contributed by atoms with E-state index in [2.05, 4.69) is 26.1 Å². The molecule has 0 spiro atoms. The molecular weight excluding hydrogens is 534 g/mol. The van der Waals surface area contributed by atoms with Crippen molar-refractivity contribution in [3.05, 3.63) is 101 Å². The van der Waals surface area contributed by atoms with E-state index in [0.29, 0.717) is 5.69 Å². The number of rotatable bonds is 11. The predicted molar refractivity (Wildman–Crippen MR) is 166 cm³/mol. The van der Waals surface area contributed by atoms with Gasteiger partial charge >= 0.3 is 0 Å². The molecule has 3 rings (SSSR count). The van der Waals surface area contributed by atoms with Gasteiger partial charge in [-0.15, -0.1) is 0 Å². The summed E-state index contributed by atoms with van der Waals surface area (Å²) in [4.78, 5) is 29.3. The predicted octanol–water partition coefficient (Wildman–Crippen LogP) is 5.22. The Morgan fingerprint density at radius 1 is 0.878 bits per heavy atom. The van der Waals surface area contributed by atoms with E-state index >= 15 is 0 Å². The summed E-state index contributed by atoms with van der Waals surface area (Å²) < 4.78 is 27.1. The molecule has 0 aliphatic carbocycles. The first-order valence-corrected chi connectivity index (χ1v) is 15.8. The minimum Gasteiger partial charge on any atom is -0.352 e. The highest BCUT2D eigenvalue weighted by Gasteiger charge is 2.33. The molecule has 0 aliphatic heterocycles. The molecule has 0 saturated heterocycles. The molecule has 2 amide bonds. The highest BCUT2D eigenvalue weighted by molar-refractivity contribution is 7.92. The Labute approximate surface area is 245 Å². The van der Waals surface area contributed by atoms with Gasteiger partial charge in [0.1, 0.15) is 12.6 Å². The van der Waals surface area contributed by atoms with E-state index in [9.17, 15) is 18.0 Å². The van der Waals surface area contributed by atoms with E-state index in [1.165, 1.54) is 4.90 Å². The molecular formula is C33H43N3O4S. The van der Waals surface area contributed by atoms with Gasteiger partial charge < -0.3 is 10.2 Å². The summed E-state index contributed by atoms with van der Waals surface area (Å²) in [5.41, 5.74) is 4.11. The van der Waals surface area contributed by atoms with Crippen LogP contribution in [0.4, 0.5) is 5.69 Å². The van der Waals surface area contributed by atoms with E-state index in [4.69, 9.17) is 0 Å². The lowest BCUT2D eigenvalue weighted by molar-refractivity contribution is -0.140. The summed E-state index contributed by atoms with van der Waals surface area (Å²) in [7, 11) is -3.81. The fourth-order valence-corrected chi connectivity index (χ4v) is 5.50. The van der Waals surface area contributed by atoms with Crippen molar-refractivity contribution >= 4 is 27.5 Å². The van der Waals surface area contributed by atoms with Gasteiger partial charge in [0, 0.05) is 19.0 Å². The van der Waals surface area contributed by atoms with E-state index in [1.807, 2.05) is 87.5 Å². The molecule has 1 atom stereocenters. The number of anilines is 1. The second-order valence-corrected chi connectivity index (χ2v) is 13.8. The topological polar surface area (TPSA) is 86.8 Å². The highest BCUT2D eigenvalue weighted by atomic mass is 32.2. The van der Waals surface area contributed by atoms with Gasteiger partial charge in [0.25, 0.3) is 0 Å². The number of aryl methyl sites for hydroxylation is 1. The van der Waals surface area contributed by atoms with Crippen molar-refractivity contribution in [3.63, 3.8) is 0 Å². The average Bonchev–Trinajstić information content (AvgIpc) is 2.89. The number of sulfonamides is 1. The fourth-order valence-electron chi connectivity index (χ4n) is 4.65. The maximum atomic E-state index is 14.2. The van der Waals surface area contributed by atoms with E-state index in [-0.39, 0.29) is 30.3 Å². The Hall–Kier alpha value is -3.65. The summed E-state index contributed by atoms with van der Waals surface area (Å²) in [6.07, 6.45) is 1.38. The zero-order valence-electron chi connectivity index (χ0n) is 25.2. The number of hydrogen-bond acceptors (Lipinski definition) is 4. The van der Waals surface area contributed by atoms with Gasteiger partial charge in [0.05, 0.1) is 11.9 Å². The van der Waals surface area contributed by atoms with E-state index in [0.717, 1.165) is 32.8 Å². The molecule has 41 heavy (non-hydrogen) atoms. The zero-order valence-corrected chi connectivity index (χ0v) is 26.0. The first kappa shape index (κ1) is 31.9. The molecule has 8 heteroatoms. The number of carbonyl (C=O) groups excluding carboxylic acids is 2. The summed E-state index contributed by atoms with van der Waals surface area (Å²) in [6, 6.07) is 23.5. The standard InChI is InChI=1S/C33H43N3O4S/c1-24(2)34-32(38)30(21-26-14-9-8-10-15-26)35(22-27-16-12-11-13-25(27)3)31(37)23-36(41(7,39)40)29-19-17-28(18-20-29)33(4,5)6/h8-20,24,30H,21-23H2,1-7H3,(H,34,38)/t30-/m0/s1. The van der Waals surface area contributed by atoms with Crippen LogP contribution in [-0.4, -0.2) is 50.0 Å². The lowest BCUT2D eigenvalue weighted by atomic mass is 9.87. The zero-order chi connectivity index (χ0) is 30.4. The lowest BCUT2D eigenvalue weighted by Crippen LogP contribution is -2.54. The van der Waals surface area contributed by atoms with Crippen LogP contribution < -0.4 is 9.62 Å². The molecule has 3 aromatic carbocycles. The molecule has 0 radical (unpaired) electrons. The van der Waals surface area contributed by atoms with Gasteiger partial charge in [-0.2, -0.15) is 0 Å². The van der Waals surface area contributed by atoms with Crippen LogP contribution >= 0.6 is 0 Å². The van der Waals surface area contributed by atoms with Gasteiger partial charge in [-0.1, -0.05) is 87.5 Å². The first-order valence-electron chi connectivity index (χ1n) is 13.9. The van der Waals surface area contributed by atoms with Gasteiger partial charge in [0.2, 0.25) is 21.8 Å². The molecule has 3 aromatic rings. The maximum absolute atomic E-state index is 14.2. The molecule has 220 valence electrons. The third-order valence-electron chi connectivity index (χ3n) is 7.00. The quantitative estimate of drug-likeness (QED) is 0.338. The average molecular weight is 578 g/mol. The van der Waals surface area contributed by atoms with Gasteiger partial charge in [0.15, 0.2) is 0 Å². The Morgan fingerprint density at radius 3 is 2.00 bits per heavy atom. The van der Waals surface area contributed by atoms with E-state index < -0.39 is 28.5 Å². The smallest absolute Gasteiger partial charge is 0.244 e. The van der Waals surface area contributed by atoms with Crippen LogP contribution in [0.25, 0.3) is 0 Å². The van der Waals surface area contributed by atoms with Crippen LogP contribution in [-0.2, 0) is 38.0 Å². The summed E-state index contributed by atoms with van der Waals surface area (Å²) in [5.74, 6) is -0.746. The molecule has 0 unspecified atom stereocenters. The first-order chi connectivity index (χ1) is 19.2. The van der Waals surface area contributed by atoms with Crippen LogP contribution in [0.5, 0.6) is 0 Å². The van der Waals surface area contributed by atoms with Gasteiger partial charge in [-0.3, -0.25) is 13.9 Å². The van der Waals surface area contributed by atoms with Crippen molar-refractivity contribution in [3.8, 4) is 0 Å². The SMILES string of the molecule is Cc1ccccc1CN(C(=O)CN(c1ccc(C(C)(C)C)cc1)S(C)(=O)=O)[C@@H](Cc1ccccc1)C(=O)NC(C)C. The van der Waals surface area contributed by atoms with Crippen molar-refractivity contribution in [2.75, 3.05) is 17.1 Å². The number of amides is 2. The van der Waals surface area contributed by atoms with Crippen molar-refractivity contribution in [2.24, 2.45) is 0 Å². The minimum absolute atomic E-state index is 0.108. The molecule has 7 nitrogen and oxygen atoms in total. The number of hydrogen-bond donors (Lipinski definition) is 1. The van der Waals surface area contributed by atoms with Crippen molar-refractivity contribution in [2.45, 2.75) is 72.0 Å². The number of carbonyl (C=O) groups is 2. The van der Waals surface area contributed by atoms with Crippen molar-refractivity contribution < 1.29 is 18.0 Å². The molecule has 0 saturated carbocycles. The monoisotopic (exact) mass is 577 g/mol. The second-order valence-electron chi connectivity index (χ2n) is 11.9. The summed E-state index contributed by atoms with van der Waals surface area (Å²) >= 11 is 0. The fraction of sp³-hybridized carbons (Fsp3) is 0.394. The molecule has 1 N–H and O–H groups in total. The lowest BCUT2D eigenvalue weighted by Gasteiger charge is -2.34. The summed E-state index contributed by atoms with van der Waals surface area (Å²) in [5, 5.41) is 2.97. The molecule has 0 aromatic heterocycles. The van der Waals surface area contributed by atoms with E-state index in [1.54, 1.807) is 12.1 Å². The summed E-state index contributed by atoms with van der Waals surface area (Å²) in [6.45, 7) is 11.7. The van der Waals surface area contributed by atoms with Crippen LogP contribution in [0.15, 0.2) is 78.9 Å².